The number of esters is 1. The maximum atomic E-state index is 12.7. The van der Waals surface area contributed by atoms with Crippen LogP contribution in [0.3, 0.4) is 0 Å². The van der Waals surface area contributed by atoms with Gasteiger partial charge < -0.3 is 24.0 Å². The zero-order chi connectivity index (χ0) is 22.2. The highest BCUT2D eigenvalue weighted by Gasteiger charge is 2.26. The summed E-state index contributed by atoms with van der Waals surface area (Å²) in [5, 5.41) is 0. The van der Waals surface area contributed by atoms with Crippen molar-refractivity contribution in [1.29, 1.82) is 0 Å². The minimum atomic E-state index is -0.847. The monoisotopic (exact) mass is 424 g/mol. The zero-order valence-electron chi connectivity index (χ0n) is 18.1. The van der Waals surface area contributed by atoms with Crippen molar-refractivity contribution in [3.05, 3.63) is 60.2 Å². The Morgan fingerprint density at radius 2 is 1.55 bits per heavy atom. The summed E-state index contributed by atoms with van der Waals surface area (Å²) in [4.78, 5) is 28.9. The first-order valence-corrected chi connectivity index (χ1v) is 10.2. The molecule has 1 fully saturated rings. The molecule has 0 bridgehead atoms. The number of ether oxygens (including phenoxy) is 3. The average Bonchev–Trinajstić information content (AvgIpc) is 2.82. The minimum absolute atomic E-state index is 0.183. The summed E-state index contributed by atoms with van der Waals surface area (Å²) in [6, 6.07) is 15.4. The molecule has 7 heteroatoms. The third-order valence-electron chi connectivity index (χ3n) is 5.14. The SMILES string of the molecule is COc1cc(/C=C/C(=O)O[C@@H](C)C(=O)N2CCN(c3ccccc3)CC2)cc(OC)c1. The Kier molecular flexibility index (Phi) is 7.54. The van der Waals surface area contributed by atoms with Crippen LogP contribution in [-0.4, -0.2) is 63.3 Å². The predicted molar refractivity (Wildman–Crippen MR) is 119 cm³/mol. The van der Waals surface area contributed by atoms with E-state index in [1.165, 1.54) is 6.08 Å². The first-order chi connectivity index (χ1) is 15.0. The van der Waals surface area contributed by atoms with E-state index in [2.05, 4.69) is 17.0 Å². The molecule has 0 saturated carbocycles. The van der Waals surface area contributed by atoms with E-state index in [-0.39, 0.29) is 5.91 Å². The lowest BCUT2D eigenvalue weighted by Gasteiger charge is -2.36. The molecule has 1 atom stereocenters. The van der Waals surface area contributed by atoms with Gasteiger partial charge >= 0.3 is 5.97 Å². The van der Waals surface area contributed by atoms with Crippen LogP contribution in [0.15, 0.2) is 54.6 Å². The summed E-state index contributed by atoms with van der Waals surface area (Å²) in [6.07, 6.45) is 2.05. The summed E-state index contributed by atoms with van der Waals surface area (Å²) in [5.41, 5.74) is 1.87. The van der Waals surface area contributed by atoms with E-state index in [1.54, 1.807) is 50.3 Å². The fourth-order valence-corrected chi connectivity index (χ4v) is 3.43. The van der Waals surface area contributed by atoms with E-state index >= 15 is 0 Å². The molecule has 1 aliphatic heterocycles. The fourth-order valence-electron chi connectivity index (χ4n) is 3.43. The third kappa shape index (κ3) is 6.01. The van der Waals surface area contributed by atoms with Gasteiger partial charge in [0.1, 0.15) is 11.5 Å². The highest BCUT2D eigenvalue weighted by Crippen LogP contribution is 2.23. The second-order valence-corrected chi connectivity index (χ2v) is 7.21. The first-order valence-electron chi connectivity index (χ1n) is 10.2. The van der Waals surface area contributed by atoms with E-state index in [9.17, 15) is 9.59 Å². The highest BCUT2D eigenvalue weighted by molar-refractivity contribution is 5.90. The van der Waals surface area contributed by atoms with Crippen molar-refractivity contribution in [1.82, 2.24) is 4.90 Å². The third-order valence-corrected chi connectivity index (χ3v) is 5.14. The standard InChI is InChI=1S/C24H28N2O5/c1-18(24(28)26-13-11-25(12-14-26)20-7-5-4-6-8-20)31-23(27)10-9-19-15-21(29-2)17-22(16-19)30-3/h4-10,15-18H,11-14H2,1-3H3/b10-9+/t18-/m0/s1. The van der Waals surface area contributed by atoms with Crippen molar-refractivity contribution in [2.45, 2.75) is 13.0 Å². The molecule has 1 aliphatic rings. The molecular weight excluding hydrogens is 396 g/mol. The number of anilines is 1. The van der Waals surface area contributed by atoms with Gasteiger partial charge in [0.15, 0.2) is 6.10 Å². The predicted octanol–water partition coefficient (Wildman–Crippen LogP) is 3.00. The quantitative estimate of drug-likeness (QED) is 0.503. The number of rotatable bonds is 7. The first kappa shape index (κ1) is 22.2. The van der Waals surface area contributed by atoms with Crippen LogP contribution < -0.4 is 14.4 Å². The Balaban J connectivity index is 1.51. The van der Waals surface area contributed by atoms with Crippen molar-refractivity contribution >= 4 is 23.6 Å². The number of nitrogens with zero attached hydrogens (tertiary/aromatic N) is 2. The molecule has 7 nitrogen and oxygen atoms in total. The topological polar surface area (TPSA) is 68.3 Å². The van der Waals surface area contributed by atoms with Gasteiger partial charge in [0.2, 0.25) is 0 Å². The lowest BCUT2D eigenvalue weighted by molar-refractivity contribution is -0.155. The molecule has 1 heterocycles. The van der Waals surface area contributed by atoms with E-state index < -0.39 is 12.1 Å². The highest BCUT2D eigenvalue weighted by atomic mass is 16.5. The van der Waals surface area contributed by atoms with E-state index in [1.807, 2.05) is 18.2 Å². The van der Waals surface area contributed by atoms with Crippen LogP contribution >= 0.6 is 0 Å². The number of hydrogen-bond acceptors (Lipinski definition) is 6. The second kappa shape index (κ2) is 10.5. The molecule has 164 valence electrons. The van der Waals surface area contributed by atoms with Crippen molar-refractivity contribution in [3.63, 3.8) is 0 Å². The molecule has 1 amide bonds. The van der Waals surface area contributed by atoms with Gasteiger partial charge in [-0.2, -0.15) is 0 Å². The van der Waals surface area contributed by atoms with Crippen LogP contribution in [0.1, 0.15) is 12.5 Å². The van der Waals surface area contributed by atoms with Crippen LogP contribution in [0.5, 0.6) is 11.5 Å². The molecule has 1 saturated heterocycles. The van der Waals surface area contributed by atoms with Gasteiger partial charge in [0.05, 0.1) is 14.2 Å². The lowest BCUT2D eigenvalue weighted by atomic mass is 10.2. The second-order valence-electron chi connectivity index (χ2n) is 7.21. The Labute approximate surface area is 182 Å². The molecule has 2 aromatic carbocycles. The molecule has 0 aliphatic carbocycles. The molecule has 2 aromatic rings. The molecule has 3 rings (SSSR count). The molecule has 0 aromatic heterocycles. The Bertz CT molecular complexity index is 899. The van der Waals surface area contributed by atoms with Crippen LogP contribution in [0.25, 0.3) is 6.08 Å². The molecule has 0 radical (unpaired) electrons. The van der Waals surface area contributed by atoms with Gasteiger partial charge in [-0.05, 0) is 42.8 Å². The van der Waals surface area contributed by atoms with Gasteiger partial charge in [-0.3, -0.25) is 4.79 Å². The number of carbonyl (C=O) groups is 2. The molecule has 0 N–H and O–H groups in total. The minimum Gasteiger partial charge on any atom is -0.497 e. The van der Waals surface area contributed by atoms with Crippen LogP contribution in [0, 0.1) is 0 Å². The smallest absolute Gasteiger partial charge is 0.331 e. The summed E-state index contributed by atoms with van der Waals surface area (Å²) in [5.74, 6) is 0.471. The molecular formula is C24H28N2O5. The van der Waals surface area contributed by atoms with Crippen molar-refractivity contribution in [2.24, 2.45) is 0 Å². The number of carbonyl (C=O) groups excluding carboxylic acids is 2. The summed E-state index contributed by atoms with van der Waals surface area (Å²) >= 11 is 0. The molecule has 31 heavy (non-hydrogen) atoms. The van der Waals surface area contributed by atoms with Crippen molar-refractivity contribution < 1.29 is 23.8 Å². The normalized spacial score (nSPS) is 14.9. The number of hydrogen-bond donors (Lipinski definition) is 0. The Morgan fingerprint density at radius 3 is 2.13 bits per heavy atom. The van der Waals surface area contributed by atoms with Gasteiger partial charge in [-0.1, -0.05) is 18.2 Å². The summed E-state index contributed by atoms with van der Waals surface area (Å²) in [7, 11) is 3.12. The molecule has 0 spiro atoms. The Morgan fingerprint density at radius 1 is 0.935 bits per heavy atom. The van der Waals surface area contributed by atoms with Crippen LogP contribution in [0.2, 0.25) is 0 Å². The van der Waals surface area contributed by atoms with Crippen molar-refractivity contribution in [3.8, 4) is 11.5 Å². The lowest BCUT2D eigenvalue weighted by Crippen LogP contribution is -2.51. The summed E-state index contributed by atoms with van der Waals surface area (Å²) < 4.78 is 15.8. The van der Waals surface area contributed by atoms with E-state index in [0.29, 0.717) is 24.6 Å². The van der Waals surface area contributed by atoms with Crippen LogP contribution in [-0.2, 0) is 14.3 Å². The number of para-hydroxylation sites is 1. The van der Waals surface area contributed by atoms with Gasteiger partial charge in [-0.15, -0.1) is 0 Å². The van der Waals surface area contributed by atoms with Gasteiger partial charge in [0, 0.05) is 44.0 Å². The zero-order valence-corrected chi connectivity index (χ0v) is 18.1. The number of methoxy groups -OCH3 is 2. The van der Waals surface area contributed by atoms with Crippen LogP contribution in [0.4, 0.5) is 5.69 Å². The molecule has 0 unspecified atom stereocenters. The maximum Gasteiger partial charge on any atom is 0.331 e. The van der Waals surface area contributed by atoms with E-state index in [4.69, 9.17) is 14.2 Å². The van der Waals surface area contributed by atoms with E-state index in [0.717, 1.165) is 24.3 Å². The fraction of sp³-hybridized carbons (Fsp3) is 0.333. The number of piperazine rings is 1. The maximum absolute atomic E-state index is 12.7. The largest absolute Gasteiger partial charge is 0.497 e. The number of amides is 1. The summed E-state index contributed by atoms with van der Waals surface area (Å²) in [6.45, 7) is 4.28. The number of benzene rings is 2. The average molecular weight is 424 g/mol. The van der Waals surface area contributed by atoms with Crippen molar-refractivity contribution in [2.75, 3.05) is 45.3 Å². The Hall–Kier alpha value is -3.48. The van der Waals surface area contributed by atoms with Gasteiger partial charge in [0.25, 0.3) is 5.91 Å². The van der Waals surface area contributed by atoms with Gasteiger partial charge in [-0.25, -0.2) is 4.79 Å².